The fraction of sp³-hybridized carbons (Fsp3) is 0.636. The van der Waals surface area contributed by atoms with Gasteiger partial charge in [-0.2, -0.15) is 0 Å². The quantitative estimate of drug-likeness (QED) is 0.506. The van der Waals surface area contributed by atoms with E-state index in [1.54, 1.807) is 0 Å². The van der Waals surface area contributed by atoms with Crippen LogP contribution in [-0.2, 0) is 0 Å². The lowest BCUT2D eigenvalue weighted by molar-refractivity contribution is 0.289. The zero-order valence-electron chi connectivity index (χ0n) is 8.88. The molecule has 0 aromatic carbocycles. The second-order valence-corrected chi connectivity index (χ2v) is 4.72. The van der Waals surface area contributed by atoms with Crippen molar-refractivity contribution in [3.63, 3.8) is 0 Å². The van der Waals surface area contributed by atoms with E-state index in [-0.39, 0.29) is 0 Å². The summed E-state index contributed by atoms with van der Waals surface area (Å²) in [7, 11) is 2.22. The van der Waals surface area contributed by atoms with E-state index in [2.05, 4.69) is 44.9 Å². The molecular weight excluding hydrogens is 157 g/mol. The van der Waals surface area contributed by atoms with Crippen molar-refractivity contribution < 1.29 is 0 Å². The summed E-state index contributed by atoms with van der Waals surface area (Å²) in [5, 5.41) is 0. The summed E-state index contributed by atoms with van der Waals surface area (Å²) in [4.78, 5) is 2.42. The van der Waals surface area contributed by atoms with E-state index in [4.69, 9.17) is 0 Å². The Kier molecular flexibility index (Phi) is 2.01. The molecule has 13 heavy (non-hydrogen) atoms. The van der Waals surface area contributed by atoms with Gasteiger partial charge in [-0.1, -0.05) is 26.0 Å². The highest BCUT2D eigenvalue weighted by Gasteiger charge is 2.42. The van der Waals surface area contributed by atoms with Crippen molar-refractivity contribution in [3.05, 3.63) is 23.9 Å². The Hall–Kier alpha value is -0.655. The molecule has 70 valence electrons. The number of nitrogens with zero attached hydrogens (tertiary/aromatic N) is 1. The molecule has 2 heteroatoms. The van der Waals surface area contributed by atoms with Crippen LogP contribution in [0.3, 0.4) is 0 Å². The molecule has 0 N–H and O–H groups in total. The normalized spacial score (nSPS) is 38.5. The Morgan fingerprint density at radius 3 is 3.15 bits per heavy atom. The Labute approximate surface area is 81.9 Å². The maximum Gasteiger partial charge on any atom is 0.217 e. The Morgan fingerprint density at radius 2 is 2.38 bits per heavy atom. The van der Waals surface area contributed by atoms with Crippen molar-refractivity contribution in [1.82, 2.24) is 4.81 Å². The van der Waals surface area contributed by atoms with E-state index in [0.29, 0.717) is 5.41 Å². The molecule has 0 aromatic heterocycles. The molecule has 1 fully saturated rings. The molecule has 1 aliphatic heterocycles. The van der Waals surface area contributed by atoms with Crippen LogP contribution >= 0.6 is 0 Å². The number of fused-ring (bicyclic) bond motifs is 1. The summed E-state index contributed by atoms with van der Waals surface area (Å²) in [6.07, 6.45) is 9.35. The summed E-state index contributed by atoms with van der Waals surface area (Å²) in [6, 6.07) is 0. The van der Waals surface area contributed by atoms with Crippen LogP contribution in [0.2, 0.25) is 0 Å². The third-order valence-electron chi connectivity index (χ3n) is 3.85. The van der Waals surface area contributed by atoms with Gasteiger partial charge in [-0.3, -0.25) is 0 Å². The van der Waals surface area contributed by atoms with Crippen LogP contribution in [-0.4, -0.2) is 19.3 Å². The highest BCUT2D eigenvalue weighted by molar-refractivity contribution is 6.06. The zero-order valence-corrected chi connectivity index (χ0v) is 8.88. The average Bonchev–Trinajstić information content (AvgIpc) is 2.28. The summed E-state index contributed by atoms with van der Waals surface area (Å²) in [6.45, 7) is 6.01. The largest absolute Gasteiger partial charge is 0.424 e. The molecule has 1 aliphatic carbocycles. The lowest BCUT2D eigenvalue weighted by Crippen LogP contribution is -2.22. The summed E-state index contributed by atoms with van der Waals surface area (Å²) >= 11 is 0. The smallest absolute Gasteiger partial charge is 0.217 e. The van der Waals surface area contributed by atoms with Gasteiger partial charge >= 0.3 is 0 Å². The third-order valence-corrected chi connectivity index (χ3v) is 3.85. The Bertz CT molecular complexity index is 269. The maximum absolute atomic E-state index is 2.42. The van der Waals surface area contributed by atoms with Crippen molar-refractivity contribution in [2.24, 2.45) is 11.3 Å². The molecule has 2 aliphatic rings. The summed E-state index contributed by atoms with van der Waals surface area (Å²) in [5.74, 6) is 0.795. The van der Waals surface area contributed by atoms with E-state index in [0.717, 1.165) is 5.92 Å². The Morgan fingerprint density at radius 1 is 1.62 bits per heavy atom. The fourth-order valence-corrected chi connectivity index (χ4v) is 2.73. The van der Waals surface area contributed by atoms with Crippen LogP contribution in [0.25, 0.3) is 0 Å². The minimum absolute atomic E-state index is 0.429. The van der Waals surface area contributed by atoms with Crippen LogP contribution in [0.4, 0.5) is 0 Å². The zero-order chi connectivity index (χ0) is 9.47. The van der Waals surface area contributed by atoms with Crippen LogP contribution in [0.5, 0.6) is 0 Å². The second-order valence-electron chi connectivity index (χ2n) is 4.72. The predicted octanol–water partition coefficient (Wildman–Crippen LogP) is 1.73. The van der Waals surface area contributed by atoms with Crippen molar-refractivity contribution in [2.45, 2.75) is 26.7 Å². The van der Waals surface area contributed by atoms with Gasteiger partial charge in [-0.25, -0.2) is 0 Å². The predicted molar refractivity (Wildman–Crippen MR) is 59.0 cm³/mol. The molecule has 0 radical (unpaired) electrons. The summed E-state index contributed by atoms with van der Waals surface area (Å²) < 4.78 is 0. The van der Waals surface area contributed by atoms with Gasteiger partial charge in [-0.05, 0) is 24.8 Å². The van der Waals surface area contributed by atoms with Gasteiger partial charge in [0.2, 0.25) is 7.98 Å². The number of allylic oxidation sites excluding steroid dienone is 4. The molecule has 0 aromatic rings. The first-order valence-electron chi connectivity index (χ1n) is 5.23. The van der Waals surface area contributed by atoms with Gasteiger partial charge in [0.05, 0.1) is 0 Å². The monoisotopic (exact) mass is 175 g/mol. The third kappa shape index (κ3) is 1.23. The standard InChI is InChI=1S/C11H18BN/c1-9-8-13(12)10-6-4-3-5-7-11(9,10)2/h3-4,6,9H,5,7-8,12H2,1-2H3. The first kappa shape index (κ1) is 8.92. The molecule has 2 unspecified atom stereocenters. The SMILES string of the molecule is BN1CC(C)C2(C)CCC=CC=C12. The van der Waals surface area contributed by atoms with E-state index in [1.165, 1.54) is 25.1 Å². The first-order chi connectivity index (χ1) is 6.14. The van der Waals surface area contributed by atoms with Crippen LogP contribution < -0.4 is 0 Å². The average molecular weight is 175 g/mol. The number of hydrogen-bond acceptors (Lipinski definition) is 1. The van der Waals surface area contributed by atoms with Crippen molar-refractivity contribution in [2.75, 3.05) is 6.54 Å². The molecule has 0 amide bonds. The van der Waals surface area contributed by atoms with Crippen LogP contribution in [0, 0.1) is 11.3 Å². The highest BCUT2D eigenvalue weighted by atomic mass is 15.1. The molecule has 1 saturated heterocycles. The van der Waals surface area contributed by atoms with Crippen molar-refractivity contribution in [3.8, 4) is 0 Å². The first-order valence-corrected chi connectivity index (χ1v) is 5.23. The van der Waals surface area contributed by atoms with Gasteiger partial charge in [-0.15, -0.1) is 0 Å². The van der Waals surface area contributed by atoms with Gasteiger partial charge < -0.3 is 4.81 Å². The van der Waals surface area contributed by atoms with E-state index in [1.807, 2.05) is 0 Å². The van der Waals surface area contributed by atoms with Gasteiger partial charge in [0, 0.05) is 17.7 Å². The highest BCUT2D eigenvalue weighted by Crippen LogP contribution is 2.47. The molecule has 2 atom stereocenters. The van der Waals surface area contributed by atoms with E-state index >= 15 is 0 Å². The van der Waals surface area contributed by atoms with E-state index in [9.17, 15) is 0 Å². The molecule has 1 nitrogen and oxygen atoms in total. The number of hydrogen-bond donors (Lipinski definition) is 0. The lowest BCUT2D eigenvalue weighted by Gasteiger charge is -2.29. The fourth-order valence-electron chi connectivity index (χ4n) is 2.73. The summed E-state index contributed by atoms with van der Waals surface area (Å²) in [5.41, 5.74) is 1.96. The minimum atomic E-state index is 0.429. The molecule has 1 heterocycles. The van der Waals surface area contributed by atoms with Gasteiger partial charge in [0.1, 0.15) is 0 Å². The lowest BCUT2D eigenvalue weighted by atomic mass is 9.75. The molecule has 2 rings (SSSR count). The van der Waals surface area contributed by atoms with Gasteiger partial charge in [0.15, 0.2) is 0 Å². The molecule has 0 spiro atoms. The molecular formula is C11H18BN. The minimum Gasteiger partial charge on any atom is -0.424 e. The van der Waals surface area contributed by atoms with Crippen molar-refractivity contribution >= 4 is 7.98 Å². The topological polar surface area (TPSA) is 3.24 Å². The number of rotatable bonds is 0. The van der Waals surface area contributed by atoms with Crippen molar-refractivity contribution in [1.29, 1.82) is 0 Å². The van der Waals surface area contributed by atoms with Crippen LogP contribution in [0.1, 0.15) is 26.7 Å². The Balaban J connectivity index is 2.38. The molecule has 0 bridgehead atoms. The van der Waals surface area contributed by atoms with E-state index < -0.39 is 0 Å². The van der Waals surface area contributed by atoms with Gasteiger partial charge in [0.25, 0.3) is 0 Å². The maximum atomic E-state index is 2.42. The molecule has 0 saturated carbocycles. The van der Waals surface area contributed by atoms with Crippen LogP contribution in [0.15, 0.2) is 23.9 Å². The second kappa shape index (κ2) is 2.93.